The second-order valence-corrected chi connectivity index (χ2v) is 10.5. The Labute approximate surface area is 192 Å². The Morgan fingerprint density at radius 1 is 1.26 bits per heavy atom. The van der Waals surface area contributed by atoms with Crippen molar-refractivity contribution in [3.63, 3.8) is 0 Å². The molecule has 0 bridgehead atoms. The van der Waals surface area contributed by atoms with Crippen molar-refractivity contribution < 1.29 is 9.90 Å². The minimum absolute atomic E-state index is 0.0915. The summed E-state index contributed by atoms with van der Waals surface area (Å²) in [6.45, 7) is 9.56. The lowest BCUT2D eigenvalue weighted by molar-refractivity contribution is -0.110. The van der Waals surface area contributed by atoms with E-state index >= 15 is 0 Å². The molecule has 168 valence electrons. The summed E-state index contributed by atoms with van der Waals surface area (Å²) in [7, 11) is 0. The zero-order chi connectivity index (χ0) is 22.1. The summed E-state index contributed by atoms with van der Waals surface area (Å²) in [5, 5.41) is 13.9. The van der Waals surface area contributed by atoms with Gasteiger partial charge in [-0.25, -0.2) is 9.97 Å². The summed E-state index contributed by atoms with van der Waals surface area (Å²) < 4.78 is 0.698. The van der Waals surface area contributed by atoms with Gasteiger partial charge in [-0.2, -0.15) is 0 Å². The third-order valence-corrected chi connectivity index (χ3v) is 7.53. The molecule has 0 radical (unpaired) electrons. The number of fused-ring (bicyclic) bond motifs is 1. The quantitative estimate of drug-likeness (QED) is 0.610. The first-order chi connectivity index (χ1) is 14.9. The molecule has 0 aromatic carbocycles. The van der Waals surface area contributed by atoms with E-state index in [0.717, 1.165) is 54.4 Å². The number of aromatic nitrogens is 2. The third kappa shape index (κ3) is 4.64. The first-order valence-electron chi connectivity index (χ1n) is 10.9. The number of nitrogens with zero attached hydrogens (tertiary/aromatic N) is 4. The average Bonchev–Trinajstić information content (AvgIpc) is 3.30. The van der Waals surface area contributed by atoms with Crippen LogP contribution >= 0.6 is 22.9 Å². The maximum Gasteiger partial charge on any atom is 0.135 e. The highest BCUT2D eigenvalue weighted by molar-refractivity contribution is 7.16. The van der Waals surface area contributed by atoms with Crippen LogP contribution in [0, 0.1) is 0 Å². The minimum atomic E-state index is -0.501. The molecule has 4 rings (SSSR count). The van der Waals surface area contributed by atoms with Crippen LogP contribution in [0.4, 0.5) is 5.82 Å². The van der Waals surface area contributed by atoms with Crippen molar-refractivity contribution in [2.45, 2.75) is 57.3 Å². The molecule has 2 aromatic rings. The summed E-state index contributed by atoms with van der Waals surface area (Å²) >= 11 is 7.61. The second kappa shape index (κ2) is 9.50. The molecule has 1 aliphatic carbocycles. The Kier molecular flexibility index (Phi) is 6.93. The highest BCUT2D eigenvalue weighted by atomic mass is 35.5. The van der Waals surface area contributed by atoms with Gasteiger partial charge in [0.15, 0.2) is 0 Å². The van der Waals surface area contributed by atoms with Crippen LogP contribution < -0.4 is 10.2 Å². The van der Waals surface area contributed by atoms with E-state index in [1.807, 2.05) is 12.1 Å². The van der Waals surface area contributed by atoms with Gasteiger partial charge in [-0.3, -0.25) is 10.2 Å². The lowest BCUT2D eigenvalue weighted by atomic mass is 10.0. The number of piperazine rings is 1. The van der Waals surface area contributed by atoms with Crippen LogP contribution in [-0.4, -0.2) is 64.6 Å². The molecule has 1 fully saturated rings. The maximum absolute atomic E-state index is 12.1. The highest BCUT2D eigenvalue weighted by Gasteiger charge is 2.36. The Hall–Kier alpha value is -1.58. The molecule has 1 aliphatic heterocycles. The largest absolute Gasteiger partial charge is 0.387 e. The van der Waals surface area contributed by atoms with Crippen LogP contribution in [0.2, 0.25) is 4.34 Å². The van der Waals surface area contributed by atoms with Crippen molar-refractivity contribution in [1.29, 1.82) is 0 Å². The molecule has 31 heavy (non-hydrogen) atoms. The number of nitrogens with one attached hydrogen (secondary N) is 1. The number of halogens is 1. The molecule has 9 heteroatoms. The van der Waals surface area contributed by atoms with E-state index in [-0.39, 0.29) is 24.0 Å². The summed E-state index contributed by atoms with van der Waals surface area (Å²) in [6, 6.07) is 4.05. The molecular formula is C22H30ClN5O2S. The maximum atomic E-state index is 12.1. The molecule has 0 amide bonds. The fourth-order valence-electron chi connectivity index (χ4n) is 4.75. The first-order valence-corrected chi connectivity index (χ1v) is 12.1. The lowest BCUT2D eigenvalue weighted by Gasteiger charge is -2.42. The normalized spacial score (nSPS) is 23.7. The van der Waals surface area contributed by atoms with Gasteiger partial charge < -0.3 is 14.8 Å². The number of aldehydes is 1. The number of hydrogen-bond donors (Lipinski definition) is 2. The molecule has 4 atom stereocenters. The van der Waals surface area contributed by atoms with Gasteiger partial charge in [0.05, 0.1) is 28.2 Å². The molecule has 0 spiro atoms. The van der Waals surface area contributed by atoms with E-state index in [9.17, 15) is 9.90 Å². The van der Waals surface area contributed by atoms with Crippen molar-refractivity contribution in [2.75, 3.05) is 31.1 Å². The number of aliphatic hydroxyl groups is 1. The van der Waals surface area contributed by atoms with E-state index in [2.05, 4.69) is 45.9 Å². The summed E-state index contributed by atoms with van der Waals surface area (Å²) in [5.41, 5.74) is 1.86. The van der Waals surface area contributed by atoms with E-state index in [1.54, 1.807) is 6.33 Å². The van der Waals surface area contributed by atoms with Gasteiger partial charge in [-0.1, -0.05) is 18.5 Å². The van der Waals surface area contributed by atoms with Gasteiger partial charge in [0.1, 0.15) is 18.4 Å². The van der Waals surface area contributed by atoms with Gasteiger partial charge in [0, 0.05) is 42.7 Å². The van der Waals surface area contributed by atoms with Crippen molar-refractivity contribution in [2.24, 2.45) is 0 Å². The molecular weight excluding hydrogens is 434 g/mol. The Bertz CT molecular complexity index is 915. The van der Waals surface area contributed by atoms with Gasteiger partial charge in [0.2, 0.25) is 0 Å². The van der Waals surface area contributed by atoms with Crippen LogP contribution in [0.25, 0.3) is 0 Å². The van der Waals surface area contributed by atoms with Crippen LogP contribution in [-0.2, 0) is 4.79 Å². The molecule has 2 aromatic heterocycles. The van der Waals surface area contributed by atoms with Crippen molar-refractivity contribution in [1.82, 2.24) is 20.2 Å². The topological polar surface area (TPSA) is 81.6 Å². The first kappa shape index (κ1) is 22.6. The van der Waals surface area contributed by atoms with Crippen LogP contribution in [0.5, 0.6) is 0 Å². The smallest absolute Gasteiger partial charge is 0.135 e. The number of hydrogen-bond acceptors (Lipinski definition) is 8. The van der Waals surface area contributed by atoms with Crippen molar-refractivity contribution >= 4 is 35.0 Å². The SMILES string of the molecule is CC(C)NC(C(C=O)c1ccc(Cl)s1)N1CCN(c2ncnc3c2[C@H](C)C[C@@H]3O)CC1. The third-order valence-electron chi connectivity index (χ3n) is 6.20. The number of rotatable bonds is 7. The molecule has 0 saturated carbocycles. The molecule has 1 saturated heterocycles. The zero-order valence-electron chi connectivity index (χ0n) is 18.2. The fraction of sp³-hybridized carbons (Fsp3) is 0.591. The van der Waals surface area contributed by atoms with Gasteiger partial charge in [0.25, 0.3) is 0 Å². The summed E-state index contributed by atoms with van der Waals surface area (Å²) in [5.74, 6) is 0.918. The Morgan fingerprint density at radius 3 is 2.61 bits per heavy atom. The van der Waals surface area contributed by atoms with E-state index in [0.29, 0.717) is 10.8 Å². The average molecular weight is 464 g/mol. The lowest BCUT2D eigenvalue weighted by Crippen LogP contribution is -2.58. The van der Waals surface area contributed by atoms with E-state index in [4.69, 9.17) is 11.6 Å². The molecule has 2 unspecified atom stereocenters. The van der Waals surface area contributed by atoms with Gasteiger partial charge >= 0.3 is 0 Å². The monoisotopic (exact) mass is 463 g/mol. The second-order valence-electron chi connectivity index (χ2n) is 8.74. The predicted molar refractivity (Wildman–Crippen MR) is 124 cm³/mol. The van der Waals surface area contributed by atoms with Crippen LogP contribution in [0.15, 0.2) is 18.5 Å². The van der Waals surface area contributed by atoms with Crippen LogP contribution in [0.3, 0.4) is 0 Å². The van der Waals surface area contributed by atoms with Crippen molar-refractivity contribution in [3.05, 3.63) is 38.9 Å². The van der Waals surface area contributed by atoms with Crippen LogP contribution in [0.1, 0.15) is 61.3 Å². The molecule has 3 heterocycles. The summed E-state index contributed by atoms with van der Waals surface area (Å²) in [4.78, 5) is 26.6. The highest BCUT2D eigenvalue weighted by Crippen LogP contribution is 2.43. The van der Waals surface area contributed by atoms with Gasteiger partial charge in [-0.15, -0.1) is 11.3 Å². The Morgan fingerprint density at radius 2 is 2.00 bits per heavy atom. The van der Waals surface area contributed by atoms with E-state index in [1.165, 1.54) is 11.3 Å². The van der Waals surface area contributed by atoms with E-state index < -0.39 is 6.10 Å². The number of carbonyl (C=O) groups excluding carboxylic acids is 1. The Balaban J connectivity index is 1.52. The molecule has 2 N–H and O–H groups in total. The van der Waals surface area contributed by atoms with Crippen molar-refractivity contribution in [3.8, 4) is 0 Å². The minimum Gasteiger partial charge on any atom is -0.387 e. The number of carbonyl (C=O) groups is 1. The standard InChI is InChI=1S/C22H30ClN5O2S/c1-13(2)26-21(15(11-29)17-4-5-18(23)31-17)27-6-8-28(9-7-27)22-19-14(3)10-16(30)20(19)24-12-25-22/h4-5,11-16,21,26,30H,6-10H2,1-3H3/t14-,15?,16+,21?/m1/s1. The number of anilines is 1. The summed E-state index contributed by atoms with van der Waals surface area (Å²) in [6.07, 6.45) is 2.71. The predicted octanol–water partition coefficient (Wildman–Crippen LogP) is 3.16. The zero-order valence-corrected chi connectivity index (χ0v) is 19.7. The molecule has 2 aliphatic rings. The molecule has 7 nitrogen and oxygen atoms in total. The number of aliphatic hydroxyl groups excluding tert-OH is 1. The number of thiophene rings is 1. The fourth-order valence-corrected chi connectivity index (χ4v) is 5.90. The van der Waals surface area contributed by atoms with Gasteiger partial charge in [-0.05, 0) is 38.3 Å².